The number of hydrogen-bond acceptors (Lipinski definition) is 3. The molecule has 0 radical (unpaired) electrons. The van der Waals surface area contributed by atoms with E-state index in [2.05, 4.69) is 10.3 Å². The van der Waals surface area contributed by atoms with Crippen LogP contribution in [0.25, 0.3) is 10.2 Å². The van der Waals surface area contributed by atoms with Crippen LogP contribution in [-0.2, 0) is 0 Å². The minimum atomic E-state index is -0.318. The number of nitrogens with one attached hydrogen (secondary N) is 1. The first-order valence-corrected chi connectivity index (χ1v) is 6.88. The number of rotatable bonds is 2. The van der Waals surface area contributed by atoms with Crippen molar-refractivity contribution >= 4 is 32.6 Å². The van der Waals surface area contributed by atoms with Gasteiger partial charge in [-0.3, -0.25) is 10.1 Å². The lowest BCUT2D eigenvalue weighted by atomic mass is 10.1. The summed E-state index contributed by atoms with van der Waals surface area (Å²) < 4.78 is 14.2. The highest BCUT2D eigenvalue weighted by Crippen LogP contribution is 2.25. The van der Waals surface area contributed by atoms with Crippen molar-refractivity contribution in [3.8, 4) is 0 Å². The zero-order valence-corrected chi connectivity index (χ0v) is 11.5. The summed E-state index contributed by atoms with van der Waals surface area (Å²) in [6.45, 7) is 1.63. The third-order valence-corrected chi connectivity index (χ3v) is 3.89. The number of amides is 1. The first kappa shape index (κ1) is 12.7. The van der Waals surface area contributed by atoms with Gasteiger partial charge in [-0.1, -0.05) is 23.5 Å². The Kier molecular flexibility index (Phi) is 3.20. The zero-order valence-electron chi connectivity index (χ0n) is 10.7. The molecule has 3 nitrogen and oxygen atoms in total. The lowest BCUT2D eigenvalue weighted by Gasteiger charge is -2.03. The molecule has 0 atom stereocenters. The Morgan fingerprint density at radius 3 is 2.80 bits per heavy atom. The smallest absolute Gasteiger partial charge is 0.257 e. The molecular formula is C15H11FN2OS. The minimum Gasteiger partial charge on any atom is -0.298 e. The Balaban J connectivity index is 1.86. The first-order valence-electron chi connectivity index (χ1n) is 6.06. The predicted octanol–water partition coefficient (Wildman–Crippen LogP) is 4.00. The van der Waals surface area contributed by atoms with Crippen LogP contribution in [0.2, 0.25) is 0 Å². The average Bonchev–Trinajstić information content (AvgIpc) is 2.83. The molecule has 3 aromatic rings. The maximum atomic E-state index is 13.2. The van der Waals surface area contributed by atoms with Crippen molar-refractivity contribution in [1.29, 1.82) is 0 Å². The van der Waals surface area contributed by atoms with E-state index in [-0.39, 0.29) is 11.7 Å². The summed E-state index contributed by atoms with van der Waals surface area (Å²) in [6.07, 6.45) is 0. The van der Waals surface area contributed by atoms with Gasteiger partial charge in [-0.05, 0) is 42.8 Å². The number of aromatic nitrogens is 1. The average molecular weight is 286 g/mol. The van der Waals surface area contributed by atoms with Crippen LogP contribution in [0.4, 0.5) is 9.52 Å². The van der Waals surface area contributed by atoms with Crippen LogP contribution in [0.15, 0.2) is 42.5 Å². The van der Waals surface area contributed by atoms with Gasteiger partial charge < -0.3 is 0 Å². The van der Waals surface area contributed by atoms with Gasteiger partial charge in [0, 0.05) is 5.56 Å². The van der Waals surface area contributed by atoms with Crippen molar-refractivity contribution in [3.63, 3.8) is 0 Å². The maximum Gasteiger partial charge on any atom is 0.257 e. The highest BCUT2D eigenvalue weighted by molar-refractivity contribution is 7.22. The topological polar surface area (TPSA) is 42.0 Å². The monoisotopic (exact) mass is 286 g/mol. The van der Waals surface area contributed by atoms with E-state index in [0.29, 0.717) is 16.3 Å². The molecule has 1 heterocycles. The molecule has 0 aliphatic rings. The maximum absolute atomic E-state index is 13.2. The molecule has 5 heteroatoms. The number of hydrogen-bond donors (Lipinski definition) is 1. The van der Waals surface area contributed by atoms with Gasteiger partial charge in [0.05, 0.1) is 10.2 Å². The Hall–Kier alpha value is -2.27. The highest BCUT2D eigenvalue weighted by Gasteiger charge is 2.11. The zero-order chi connectivity index (χ0) is 14.1. The van der Waals surface area contributed by atoms with Gasteiger partial charge in [0.2, 0.25) is 0 Å². The number of benzene rings is 2. The summed E-state index contributed by atoms with van der Waals surface area (Å²) in [5.41, 5.74) is 1.72. The van der Waals surface area contributed by atoms with E-state index in [1.807, 2.05) is 24.3 Å². The number of halogens is 1. The number of thiazole rings is 1. The van der Waals surface area contributed by atoms with Gasteiger partial charge in [-0.2, -0.15) is 0 Å². The third kappa shape index (κ3) is 2.40. The summed E-state index contributed by atoms with van der Waals surface area (Å²) in [4.78, 5) is 16.4. The van der Waals surface area contributed by atoms with Crippen molar-refractivity contribution in [1.82, 2.24) is 4.98 Å². The van der Waals surface area contributed by atoms with Crippen molar-refractivity contribution in [2.75, 3.05) is 5.32 Å². The Bertz CT molecular complexity index is 764. The summed E-state index contributed by atoms with van der Waals surface area (Å²) in [6, 6.07) is 12.0. The van der Waals surface area contributed by atoms with Crippen molar-refractivity contribution in [3.05, 3.63) is 59.4 Å². The van der Waals surface area contributed by atoms with Gasteiger partial charge in [-0.25, -0.2) is 9.37 Å². The number of aryl methyl sites for hydroxylation is 1. The fraction of sp³-hybridized carbons (Fsp3) is 0.0667. The minimum absolute atomic E-state index is 0.285. The number of carbonyl (C=O) groups excluding carboxylic acids is 1. The van der Waals surface area contributed by atoms with Crippen LogP contribution in [0.1, 0.15) is 15.9 Å². The van der Waals surface area contributed by atoms with Crippen LogP contribution in [0.5, 0.6) is 0 Å². The molecule has 0 fully saturated rings. The lowest BCUT2D eigenvalue weighted by molar-refractivity contribution is 0.102. The largest absolute Gasteiger partial charge is 0.298 e. The molecule has 1 N–H and O–H groups in total. The van der Waals surface area contributed by atoms with Crippen LogP contribution in [-0.4, -0.2) is 10.9 Å². The Labute approximate surface area is 119 Å². The normalized spacial score (nSPS) is 10.7. The van der Waals surface area contributed by atoms with Crippen LogP contribution < -0.4 is 5.32 Å². The van der Waals surface area contributed by atoms with Gasteiger partial charge >= 0.3 is 0 Å². The highest BCUT2D eigenvalue weighted by atomic mass is 32.1. The molecule has 20 heavy (non-hydrogen) atoms. The molecular weight excluding hydrogens is 275 g/mol. The molecule has 0 saturated carbocycles. The van der Waals surface area contributed by atoms with Crippen molar-refractivity contribution in [2.24, 2.45) is 0 Å². The van der Waals surface area contributed by atoms with Gasteiger partial charge in [0.1, 0.15) is 5.82 Å². The lowest BCUT2D eigenvalue weighted by Crippen LogP contribution is -2.12. The molecule has 3 rings (SSSR count). The predicted molar refractivity (Wildman–Crippen MR) is 78.7 cm³/mol. The van der Waals surface area contributed by atoms with Crippen LogP contribution in [0, 0.1) is 12.7 Å². The SMILES string of the molecule is Cc1cc(C(=O)Nc2nc3ccccc3s2)ccc1F. The molecule has 0 spiro atoms. The second-order valence-electron chi connectivity index (χ2n) is 4.40. The first-order chi connectivity index (χ1) is 9.63. The van der Waals surface area contributed by atoms with Gasteiger partial charge in [-0.15, -0.1) is 0 Å². The molecule has 100 valence electrons. The Morgan fingerprint density at radius 2 is 2.05 bits per heavy atom. The summed E-state index contributed by atoms with van der Waals surface area (Å²) in [7, 11) is 0. The van der Waals surface area contributed by atoms with Crippen molar-refractivity contribution in [2.45, 2.75) is 6.92 Å². The van der Waals surface area contributed by atoms with E-state index in [0.717, 1.165) is 10.2 Å². The van der Waals surface area contributed by atoms with E-state index in [1.165, 1.54) is 29.5 Å². The van der Waals surface area contributed by atoms with E-state index >= 15 is 0 Å². The molecule has 0 saturated heterocycles. The third-order valence-electron chi connectivity index (χ3n) is 2.93. The number of para-hydroxylation sites is 1. The van der Waals surface area contributed by atoms with E-state index in [1.54, 1.807) is 6.92 Å². The molecule has 2 aromatic carbocycles. The van der Waals surface area contributed by atoms with Gasteiger partial charge in [0.15, 0.2) is 5.13 Å². The Morgan fingerprint density at radius 1 is 1.25 bits per heavy atom. The van der Waals surface area contributed by atoms with Crippen LogP contribution >= 0.6 is 11.3 Å². The number of fused-ring (bicyclic) bond motifs is 1. The quantitative estimate of drug-likeness (QED) is 0.773. The standard InChI is InChI=1S/C15H11FN2OS/c1-9-8-10(6-7-11(9)16)14(19)18-15-17-12-4-2-3-5-13(12)20-15/h2-8H,1H3,(H,17,18,19). The fourth-order valence-corrected chi connectivity index (χ4v) is 2.74. The molecule has 0 unspecified atom stereocenters. The second-order valence-corrected chi connectivity index (χ2v) is 5.44. The summed E-state index contributed by atoms with van der Waals surface area (Å²) >= 11 is 1.41. The fourth-order valence-electron chi connectivity index (χ4n) is 1.88. The number of anilines is 1. The second kappa shape index (κ2) is 5.02. The molecule has 0 bridgehead atoms. The van der Waals surface area contributed by atoms with Gasteiger partial charge in [0.25, 0.3) is 5.91 Å². The van der Waals surface area contributed by atoms with Crippen molar-refractivity contribution < 1.29 is 9.18 Å². The number of carbonyl (C=O) groups is 1. The van der Waals surface area contributed by atoms with E-state index in [9.17, 15) is 9.18 Å². The van der Waals surface area contributed by atoms with Crippen LogP contribution in [0.3, 0.4) is 0 Å². The molecule has 1 aromatic heterocycles. The summed E-state index contributed by atoms with van der Waals surface area (Å²) in [5, 5.41) is 3.28. The molecule has 0 aliphatic carbocycles. The summed E-state index contributed by atoms with van der Waals surface area (Å²) in [5.74, 6) is -0.603. The van der Waals surface area contributed by atoms with E-state index < -0.39 is 0 Å². The number of nitrogens with zero attached hydrogens (tertiary/aromatic N) is 1. The molecule has 0 aliphatic heterocycles. The molecule has 1 amide bonds. The van der Waals surface area contributed by atoms with E-state index in [4.69, 9.17) is 0 Å².